The van der Waals surface area contributed by atoms with Gasteiger partial charge in [0.05, 0.1) is 12.3 Å². The van der Waals surface area contributed by atoms with Crippen LogP contribution in [-0.2, 0) is 0 Å². The fourth-order valence-corrected chi connectivity index (χ4v) is 2.74. The van der Waals surface area contributed by atoms with E-state index in [-0.39, 0.29) is 22.5 Å². The average Bonchev–Trinajstić information content (AvgIpc) is 2.52. The second-order valence-corrected chi connectivity index (χ2v) is 6.68. The van der Waals surface area contributed by atoms with Gasteiger partial charge in [-0.3, -0.25) is 0 Å². The molecule has 2 aromatic heterocycles. The fourth-order valence-electron chi connectivity index (χ4n) is 2.57. The third kappa shape index (κ3) is 5.13. The lowest BCUT2D eigenvalue weighted by atomic mass is 10.00. The van der Waals surface area contributed by atoms with Gasteiger partial charge in [0.25, 0.3) is 6.43 Å². The number of aromatic nitrogens is 2. The normalized spacial score (nSPS) is 12.7. The Labute approximate surface area is 146 Å². The van der Waals surface area contributed by atoms with Gasteiger partial charge in [-0.2, -0.15) is 0 Å². The molecule has 0 saturated carbocycles. The molecule has 0 aliphatic rings. The first-order valence-corrected chi connectivity index (χ1v) is 8.28. The zero-order chi connectivity index (χ0) is 17.7. The van der Waals surface area contributed by atoms with Crippen LogP contribution in [0.5, 0.6) is 5.75 Å². The van der Waals surface area contributed by atoms with Crippen molar-refractivity contribution in [2.75, 3.05) is 6.61 Å². The van der Waals surface area contributed by atoms with Crippen LogP contribution < -0.4 is 4.74 Å². The van der Waals surface area contributed by atoms with Gasteiger partial charge in [0.1, 0.15) is 16.6 Å². The van der Waals surface area contributed by atoms with Crippen LogP contribution in [-0.4, -0.2) is 16.6 Å². The van der Waals surface area contributed by atoms with E-state index in [1.54, 1.807) is 24.3 Å². The highest BCUT2D eigenvalue weighted by Crippen LogP contribution is 2.31. The minimum Gasteiger partial charge on any atom is -0.491 e. The van der Waals surface area contributed by atoms with Crippen molar-refractivity contribution in [3.05, 3.63) is 41.3 Å². The highest BCUT2D eigenvalue weighted by Gasteiger charge is 2.18. The van der Waals surface area contributed by atoms with E-state index in [2.05, 4.69) is 23.8 Å². The lowest BCUT2D eigenvalue weighted by molar-refractivity contribution is 0.137. The second-order valence-electron chi connectivity index (χ2n) is 6.29. The molecule has 1 unspecified atom stereocenters. The molecule has 1 atom stereocenters. The van der Waals surface area contributed by atoms with E-state index in [0.717, 1.165) is 6.42 Å². The highest BCUT2D eigenvalue weighted by atomic mass is 35.5. The first-order chi connectivity index (χ1) is 11.4. The summed E-state index contributed by atoms with van der Waals surface area (Å²) >= 11 is 5.84. The number of rotatable bonds is 7. The van der Waals surface area contributed by atoms with Gasteiger partial charge in [-0.05, 0) is 42.5 Å². The highest BCUT2D eigenvalue weighted by molar-refractivity contribution is 6.29. The molecule has 0 amide bonds. The van der Waals surface area contributed by atoms with Gasteiger partial charge >= 0.3 is 0 Å². The number of nitrogens with zero attached hydrogens (tertiary/aromatic N) is 2. The average molecular weight is 355 g/mol. The zero-order valence-corrected chi connectivity index (χ0v) is 14.7. The first kappa shape index (κ1) is 18.6. The molecular weight excluding hydrogens is 334 g/mol. The summed E-state index contributed by atoms with van der Waals surface area (Å²) < 4.78 is 32.3. The Morgan fingerprint density at radius 3 is 2.54 bits per heavy atom. The van der Waals surface area contributed by atoms with Crippen molar-refractivity contribution in [2.24, 2.45) is 11.8 Å². The van der Waals surface area contributed by atoms with Gasteiger partial charge in [0, 0.05) is 11.8 Å². The van der Waals surface area contributed by atoms with Crippen LogP contribution in [0.2, 0.25) is 5.15 Å². The van der Waals surface area contributed by atoms with Crippen LogP contribution in [0.25, 0.3) is 11.3 Å². The van der Waals surface area contributed by atoms with E-state index in [4.69, 9.17) is 16.3 Å². The number of ether oxygens (including phenoxy) is 1. The summed E-state index contributed by atoms with van der Waals surface area (Å²) in [5.74, 6) is 0.953. The largest absolute Gasteiger partial charge is 0.491 e. The van der Waals surface area contributed by atoms with Crippen LogP contribution in [0.4, 0.5) is 8.78 Å². The Morgan fingerprint density at radius 2 is 1.92 bits per heavy atom. The van der Waals surface area contributed by atoms with Gasteiger partial charge < -0.3 is 4.74 Å². The van der Waals surface area contributed by atoms with Crippen LogP contribution >= 0.6 is 11.6 Å². The topological polar surface area (TPSA) is 35.0 Å². The molecule has 0 fully saturated rings. The maximum absolute atomic E-state index is 13.4. The van der Waals surface area contributed by atoms with E-state index in [0.29, 0.717) is 23.8 Å². The third-order valence-electron chi connectivity index (χ3n) is 3.51. The van der Waals surface area contributed by atoms with Crippen molar-refractivity contribution in [3.63, 3.8) is 0 Å². The van der Waals surface area contributed by atoms with Crippen LogP contribution in [0, 0.1) is 11.8 Å². The predicted molar refractivity (Wildman–Crippen MR) is 91.5 cm³/mol. The lowest BCUT2D eigenvalue weighted by Crippen LogP contribution is -2.12. The number of halogens is 3. The van der Waals surface area contributed by atoms with Gasteiger partial charge in [-0.25, -0.2) is 18.7 Å². The van der Waals surface area contributed by atoms with Gasteiger partial charge in [0.2, 0.25) is 0 Å². The van der Waals surface area contributed by atoms with Gasteiger partial charge in [-0.15, -0.1) is 0 Å². The number of alkyl halides is 2. The van der Waals surface area contributed by atoms with Crippen molar-refractivity contribution >= 4 is 11.6 Å². The number of pyridine rings is 2. The van der Waals surface area contributed by atoms with Crippen molar-refractivity contribution < 1.29 is 13.5 Å². The van der Waals surface area contributed by atoms with E-state index in [1.807, 2.05) is 6.92 Å². The quantitative estimate of drug-likeness (QED) is 0.590. The molecule has 3 nitrogen and oxygen atoms in total. The minimum atomic E-state index is -2.71. The van der Waals surface area contributed by atoms with Crippen molar-refractivity contribution in [1.29, 1.82) is 0 Å². The standard InChI is InChI=1S/C18H21ClF2N2O/c1-11(2)8-12(3)10-24-15-5-4-14(23-17(15)18(20)21)13-6-7-22-16(19)9-13/h4-7,9,11-12,18H,8,10H2,1-3H3. The molecule has 0 aliphatic heterocycles. The van der Waals surface area contributed by atoms with Crippen molar-refractivity contribution in [3.8, 4) is 17.0 Å². The summed E-state index contributed by atoms with van der Waals surface area (Å²) in [6.45, 7) is 6.68. The van der Waals surface area contributed by atoms with Crippen molar-refractivity contribution in [1.82, 2.24) is 9.97 Å². The lowest BCUT2D eigenvalue weighted by Gasteiger charge is -2.17. The summed E-state index contributed by atoms with van der Waals surface area (Å²) in [6.07, 6.45) is -0.220. The van der Waals surface area contributed by atoms with E-state index in [9.17, 15) is 8.78 Å². The molecule has 0 spiro atoms. The van der Waals surface area contributed by atoms with Crippen LogP contribution in [0.15, 0.2) is 30.5 Å². The summed E-state index contributed by atoms with van der Waals surface area (Å²) in [5, 5.41) is 0.288. The Morgan fingerprint density at radius 1 is 1.17 bits per heavy atom. The molecule has 0 N–H and O–H groups in total. The molecule has 0 bridgehead atoms. The number of hydrogen-bond acceptors (Lipinski definition) is 3. The summed E-state index contributed by atoms with van der Waals surface area (Å²) in [5.41, 5.74) is 0.700. The summed E-state index contributed by atoms with van der Waals surface area (Å²) in [4.78, 5) is 7.94. The summed E-state index contributed by atoms with van der Waals surface area (Å²) in [7, 11) is 0. The molecule has 0 saturated heterocycles. The number of hydrogen-bond donors (Lipinski definition) is 0. The van der Waals surface area contributed by atoms with E-state index >= 15 is 0 Å². The molecule has 24 heavy (non-hydrogen) atoms. The van der Waals surface area contributed by atoms with E-state index in [1.165, 1.54) is 6.20 Å². The molecule has 2 rings (SSSR count). The molecule has 2 aromatic rings. The van der Waals surface area contributed by atoms with Gasteiger partial charge in [0.15, 0.2) is 0 Å². The second kappa shape index (κ2) is 8.38. The maximum atomic E-state index is 13.4. The third-order valence-corrected chi connectivity index (χ3v) is 3.72. The van der Waals surface area contributed by atoms with E-state index < -0.39 is 6.43 Å². The molecule has 0 aromatic carbocycles. The Kier molecular flexibility index (Phi) is 6.49. The minimum absolute atomic E-state index is 0.129. The molecule has 2 heterocycles. The molecule has 0 radical (unpaired) electrons. The zero-order valence-electron chi connectivity index (χ0n) is 14.0. The molecule has 130 valence electrons. The monoisotopic (exact) mass is 354 g/mol. The molecule has 0 aliphatic carbocycles. The SMILES string of the molecule is CC(C)CC(C)COc1ccc(-c2ccnc(Cl)c2)nc1C(F)F. The van der Waals surface area contributed by atoms with Crippen LogP contribution in [0.1, 0.15) is 39.3 Å². The summed E-state index contributed by atoms with van der Waals surface area (Å²) in [6, 6.07) is 6.46. The van der Waals surface area contributed by atoms with Gasteiger partial charge in [-0.1, -0.05) is 32.4 Å². The smallest absolute Gasteiger partial charge is 0.284 e. The Hall–Kier alpha value is -1.75. The van der Waals surface area contributed by atoms with Crippen LogP contribution in [0.3, 0.4) is 0 Å². The maximum Gasteiger partial charge on any atom is 0.284 e. The fraction of sp³-hybridized carbons (Fsp3) is 0.444. The molecular formula is C18H21ClF2N2O. The van der Waals surface area contributed by atoms with Crippen molar-refractivity contribution in [2.45, 2.75) is 33.6 Å². The predicted octanol–water partition coefficient (Wildman–Crippen LogP) is 5.80. The Balaban J connectivity index is 2.21. The molecule has 6 heteroatoms. The Bertz CT molecular complexity index is 680. The first-order valence-electron chi connectivity index (χ1n) is 7.90.